The number of hydroxylamine groups is 1. The van der Waals surface area contributed by atoms with Gasteiger partial charge in [0.25, 0.3) is 0 Å². The van der Waals surface area contributed by atoms with E-state index in [9.17, 15) is 24.9 Å². The molecule has 4 rings (SSSR count). The predicted molar refractivity (Wildman–Crippen MR) is 127 cm³/mol. The van der Waals surface area contributed by atoms with Crippen molar-refractivity contribution in [3.63, 3.8) is 0 Å². The van der Waals surface area contributed by atoms with Crippen molar-refractivity contribution in [3.05, 3.63) is 70.2 Å². The lowest BCUT2D eigenvalue weighted by Gasteiger charge is -2.45. The van der Waals surface area contributed by atoms with Crippen LogP contribution in [0.3, 0.4) is 0 Å². The maximum Gasteiger partial charge on any atom is 0.243 e. The van der Waals surface area contributed by atoms with E-state index in [4.69, 9.17) is 0 Å². The second kappa shape index (κ2) is 9.34. The summed E-state index contributed by atoms with van der Waals surface area (Å²) >= 11 is 0. The summed E-state index contributed by atoms with van der Waals surface area (Å²) in [6.07, 6.45) is 0. The number of para-hydroxylation sites is 1. The molecule has 1 aliphatic heterocycles. The minimum Gasteiger partial charge on any atom is -0.620 e. The van der Waals surface area contributed by atoms with Crippen LogP contribution in [0, 0.1) is 24.9 Å². The Kier molecular flexibility index (Phi) is 6.63. The molecular formula is C24H28FN5O4. The highest BCUT2D eigenvalue weighted by molar-refractivity contribution is 5.76. The molecule has 2 aromatic carbocycles. The van der Waals surface area contributed by atoms with Gasteiger partial charge in [0.2, 0.25) is 11.8 Å². The van der Waals surface area contributed by atoms with Crippen LogP contribution >= 0.6 is 0 Å². The third-order valence-electron chi connectivity index (χ3n) is 6.20. The standard InChI is InChI=1S/C24H28FN5O4/c1-15-5-3-4-6-20(15)30(34)14-26-10-19-21(18-8-7-17(25)9-16(18)2)27-23(28-22(19)30)29-24(11-31,12-32)13-33/h3-9,26,31-33H,10-14H2,1-2H3,(H,27,28,29). The van der Waals surface area contributed by atoms with E-state index in [1.54, 1.807) is 25.1 Å². The van der Waals surface area contributed by atoms with Crippen molar-refractivity contribution in [1.82, 2.24) is 19.9 Å². The van der Waals surface area contributed by atoms with Gasteiger partial charge in [0, 0.05) is 23.7 Å². The van der Waals surface area contributed by atoms with Crippen molar-refractivity contribution in [2.75, 3.05) is 31.8 Å². The Morgan fingerprint density at radius 2 is 1.76 bits per heavy atom. The van der Waals surface area contributed by atoms with E-state index < -0.39 is 35.8 Å². The van der Waals surface area contributed by atoms with E-state index in [-0.39, 0.29) is 18.4 Å². The summed E-state index contributed by atoms with van der Waals surface area (Å²) in [5, 5.41) is 49.7. The molecule has 0 amide bonds. The normalized spacial score (nSPS) is 18.0. The van der Waals surface area contributed by atoms with E-state index in [1.807, 2.05) is 19.1 Å². The van der Waals surface area contributed by atoms with Crippen molar-refractivity contribution in [1.29, 1.82) is 0 Å². The second-order valence-electron chi connectivity index (χ2n) is 8.65. The first-order valence-corrected chi connectivity index (χ1v) is 10.9. The molecule has 5 N–H and O–H groups in total. The summed E-state index contributed by atoms with van der Waals surface area (Å²) in [5.74, 6) is -0.246. The van der Waals surface area contributed by atoms with Gasteiger partial charge in [-0.25, -0.2) is 9.37 Å². The molecule has 180 valence electrons. The highest BCUT2D eigenvalue weighted by atomic mass is 19.1. The highest BCUT2D eigenvalue weighted by Gasteiger charge is 2.38. The minimum atomic E-state index is -1.50. The molecule has 0 aliphatic carbocycles. The van der Waals surface area contributed by atoms with Crippen LogP contribution in [0.15, 0.2) is 42.5 Å². The summed E-state index contributed by atoms with van der Waals surface area (Å²) < 4.78 is 12.9. The number of benzene rings is 2. The smallest absolute Gasteiger partial charge is 0.243 e. The second-order valence-corrected chi connectivity index (χ2v) is 8.65. The van der Waals surface area contributed by atoms with Gasteiger partial charge in [-0.3, -0.25) is 9.96 Å². The fourth-order valence-corrected chi connectivity index (χ4v) is 4.19. The van der Waals surface area contributed by atoms with Crippen molar-refractivity contribution in [2.24, 2.45) is 0 Å². The highest BCUT2D eigenvalue weighted by Crippen LogP contribution is 2.42. The first-order valence-electron chi connectivity index (χ1n) is 10.9. The Morgan fingerprint density at radius 1 is 1.06 bits per heavy atom. The monoisotopic (exact) mass is 469 g/mol. The SMILES string of the molecule is Cc1cc(F)ccc1-c1nc(NC(CO)(CO)CO)nc2c1CNC[N+]2([O-])c1ccccc1C. The zero-order valence-electron chi connectivity index (χ0n) is 19.0. The fourth-order valence-electron chi connectivity index (χ4n) is 4.19. The topological polar surface area (TPSA) is 134 Å². The number of fused-ring (bicyclic) bond motifs is 1. The summed E-state index contributed by atoms with van der Waals surface area (Å²) in [5.41, 5.74) is 2.01. The van der Waals surface area contributed by atoms with Crippen LogP contribution in [0.25, 0.3) is 11.3 Å². The molecule has 1 aliphatic rings. The molecule has 0 saturated carbocycles. The Balaban J connectivity index is 1.99. The maximum absolute atomic E-state index is 14.4. The van der Waals surface area contributed by atoms with Gasteiger partial charge in [-0.1, -0.05) is 18.2 Å². The Morgan fingerprint density at radius 3 is 2.41 bits per heavy atom. The molecule has 0 fully saturated rings. The molecule has 3 aromatic rings. The van der Waals surface area contributed by atoms with E-state index in [0.717, 1.165) is 5.56 Å². The van der Waals surface area contributed by atoms with Gasteiger partial charge in [-0.15, -0.1) is 0 Å². The van der Waals surface area contributed by atoms with Gasteiger partial charge in [0.1, 0.15) is 23.7 Å². The van der Waals surface area contributed by atoms with Gasteiger partial charge in [-0.05, 0) is 37.6 Å². The van der Waals surface area contributed by atoms with Crippen molar-refractivity contribution < 1.29 is 19.7 Å². The molecule has 0 saturated heterocycles. The average molecular weight is 470 g/mol. The van der Waals surface area contributed by atoms with Crippen LogP contribution in [0.5, 0.6) is 0 Å². The maximum atomic E-state index is 14.4. The molecule has 1 atom stereocenters. The Bertz CT molecular complexity index is 1200. The summed E-state index contributed by atoms with van der Waals surface area (Å²) in [6.45, 7) is 2.16. The average Bonchev–Trinajstić information content (AvgIpc) is 2.83. The summed E-state index contributed by atoms with van der Waals surface area (Å²) in [7, 11) is 0. The molecule has 0 radical (unpaired) electrons. The van der Waals surface area contributed by atoms with Crippen LogP contribution in [-0.2, 0) is 6.54 Å². The Labute approximate surface area is 196 Å². The lowest BCUT2D eigenvalue weighted by Crippen LogP contribution is -2.52. The number of aliphatic hydroxyl groups excluding tert-OH is 3. The molecule has 10 heteroatoms. The molecule has 0 bridgehead atoms. The zero-order valence-corrected chi connectivity index (χ0v) is 19.0. The summed E-state index contributed by atoms with van der Waals surface area (Å²) in [4.78, 5) is 9.13. The van der Waals surface area contributed by atoms with Crippen molar-refractivity contribution >= 4 is 17.5 Å². The number of aromatic nitrogens is 2. The number of hydrogen-bond acceptors (Lipinski definition) is 8. The third-order valence-corrected chi connectivity index (χ3v) is 6.20. The number of nitrogens with zero attached hydrogens (tertiary/aromatic N) is 3. The molecule has 34 heavy (non-hydrogen) atoms. The predicted octanol–water partition coefficient (Wildman–Crippen LogP) is 2.22. The first-order chi connectivity index (χ1) is 16.3. The minimum absolute atomic E-state index is 0.0291. The third kappa shape index (κ3) is 4.16. The fraction of sp³-hybridized carbons (Fsp3) is 0.333. The van der Waals surface area contributed by atoms with Gasteiger partial charge in [0.15, 0.2) is 0 Å². The summed E-state index contributed by atoms with van der Waals surface area (Å²) in [6, 6.07) is 11.5. The molecule has 1 aromatic heterocycles. The zero-order chi connectivity index (χ0) is 24.5. The van der Waals surface area contributed by atoms with E-state index >= 15 is 0 Å². The largest absolute Gasteiger partial charge is 0.620 e. The quantitative estimate of drug-likeness (QED) is 0.263. The van der Waals surface area contributed by atoms with E-state index in [1.165, 1.54) is 12.1 Å². The first kappa shape index (κ1) is 24.1. The molecular weight excluding hydrogens is 441 g/mol. The molecule has 2 heterocycles. The van der Waals surface area contributed by atoms with Crippen LogP contribution in [0.4, 0.5) is 21.8 Å². The lowest BCUT2D eigenvalue weighted by molar-refractivity contribution is 0.0828. The van der Waals surface area contributed by atoms with Crippen molar-refractivity contribution in [2.45, 2.75) is 25.9 Å². The van der Waals surface area contributed by atoms with Gasteiger partial charge >= 0.3 is 0 Å². The number of aliphatic hydroxyl groups is 3. The molecule has 9 nitrogen and oxygen atoms in total. The van der Waals surface area contributed by atoms with Crippen LogP contribution in [0.1, 0.15) is 16.7 Å². The Hall–Kier alpha value is -2.99. The van der Waals surface area contributed by atoms with Crippen LogP contribution in [-0.4, -0.2) is 57.3 Å². The lowest BCUT2D eigenvalue weighted by atomic mass is 9.99. The van der Waals surface area contributed by atoms with Gasteiger partial charge in [-0.2, -0.15) is 4.98 Å². The van der Waals surface area contributed by atoms with Crippen LogP contribution in [0.2, 0.25) is 0 Å². The number of rotatable bonds is 7. The number of halogens is 1. The number of hydrogen-bond donors (Lipinski definition) is 5. The number of anilines is 1. The van der Waals surface area contributed by atoms with Gasteiger partial charge in [0.05, 0.1) is 31.1 Å². The molecule has 0 spiro atoms. The van der Waals surface area contributed by atoms with Gasteiger partial charge < -0.3 is 25.8 Å². The number of aryl methyl sites for hydroxylation is 2. The van der Waals surface area contributed by atoms with E-state index in [2.05, 4.69) is 20.6 Å². The van der Waals surface area contributed by atoms with Crippen molar-refractivity contribution in [3.8, 4) is 11.3 Å². The van der Waals surface area contributed by atoms with E-state index in [0.29, 0.717) is 34.6 Å². The number of nitrogens with one attached hydrogen (secondary N) is 2. The molecule has 1 unspecified atom stereocenters. The van der Waals surface area contributed by atoms with Crippen LogP contribution < -0.4 is 15.3 Å². The number of quaternary nitrogens is 1.